The molecular formula is C22H27NO4. The van der Waals surface area contributed by atoms with E-state index in [4.69, 9.17) is 14.2 Å². The predicted molar refractivity (Wildman–Crippen MR) is 106 cm³/mol. The van der Waals surface area contributed by atoms with Gasteiger partial charge in [-0.25, -0.2) is 0 Å². The molecule has 0 saturated carbocycles. The highest BCUT2D eigenvalue weighted by Gasteiger charge is 2.18. The third-order valence-corrected chi connectivity index (χ3v) is 4.57. The number of carbonyl (C=O) groups is 1. The average Bonchev–Trinajstić information content (AvgIpc) is 3.17. The van der Waals surface area contributed by atoms with E-state index in [1.807, 2.05) is 51.1 Å². The van der Waals surface area contributed by atoms with E-state index in [1.54, 1.807) is 6.07 Å². The minimum Gasteiger partial charge on any atom is -0.494 e. The second-order valence-corrected chi connectivity index (χ2v) is 6.81. The van der Waals surface area contributed by atoms with Crippen LogP contribution in [0.3, 0.4) is 0 Å². The minimum absolute atomic E-state index is 0.128. The van der Waals surface area contributed by atoms with Crippen LogP contribution in [-0.2, 0) is 4.74 Å². The number of aryl methyl sites for hydroxylation is 2. The first kappa shape index (κ1) is 19.2. The molecule has 2 aromatic carbocycles. The van der Waals surface area contributed by atoms with Crippen LogP contribution in [0, 0.1) is 13.8 Å². The lowest BCUT2D eigenvalue weighted by Gasteiger charge is -2.16. The summed E-state index contributed by atoms with van der Waals surface area (Å²) in [5.41, 5.74) is 3.26. The molecule has 1 saturated heterocycles. The van der Waals surface area contributed by atoms with Crippen LogP contribution >= 0.6 is 0 Å². The Hall–Kier alpha value is -2.53. The van der Waals surface area contributed by atoms with Gasteiger partial charge in [0.05, 0.1) is 18.4 Å². The molecule has 144 valence electrons. The molecule has 1 amide bonds. The molecule has 5 heteroatoms. The number of carbonyl (C=O) groups excluding carboxylic acids is 1. The number of benzene rings is 2. The molecule has 27 heavy (non-hydrogen) atoms. The van der Waals surface area contributed by atoms with Crippen molar-refractivity contribution >= 4 is 11.6 Å². The van der Waals surface area contributed by atoms with Crippen LogP contribution in [0.15, 0.2) is 36.4 Å². The van der Waals surface area contributed by atoms with Crippen molar-refractivity contribution in [3.05, 3.63) is 53.1 Å². The summed E-state index contributed by atoms with van der Waals surface area (Å²) in [6, 6.07) is 11.2. The molecule has 5 nitrogen and oxygen atoms in total. The quantitative estimate of drug-likeness (QED) is 0.780. The fraction of sp³-hybridized carbons (Fsp3) is 0.409. The van der Waals surface area contributed by atoms with E-state index in [-0.39, 0.29) is 12.0 Å². The van der Waals surface area contributed by atoms with Crippen LogP contribution in [0.4, 0.5) is 5.69 Å². The van der Waals surface area contributed by atoms with Crippen molar-refractivity contribution in [3.63, 3.8) is 0 Å². The lowest BCUT2D eigenvalue weighted by Crippen LogP contribution is -2.18. The van der Waals surface area contributed by atoms with Gasteiger partial charge in [0.1, 0.15) is 18.1 Å². The SMILES string of the molecule is CCOc1ccc(C(=O)Nc2ccc(C)cc2OCC2CCCO2)cc1C. The predicted octanol–water partition coefficient (Wildman–Crippen LogP) is 4.51. The second-order valence-electron chi connectivity index (χ2n) is 6.81. The Labute approximate surface area is 160 Å². The highest BCUT2D eigenvalue weighted by molar-refractivity contribution is 6.05. The fourth-order valence-electron chi connectivity index (χ4n) is 3.11. The Kier molecular flexibility index (Phi) is 6.35. The number of nitrogens with one attached hydrogen (secondary N) is 1. The summed E-state index contributed by atoms with van der Waals surface area (Å²) >= 11 is 0. The third kappa shape index (κ3) is 5.01. The summed E-state index contributed by atoms with van der Waals surface area (Å²) in [5, 5.41) is 2.96. The van der Waals surface area contributed by atoms with Crippen molar-refractivity contribution in [2.45, 2.75) is 39.7 Å². The number of hydrogen-bond donors (Lipinski definition) is 1. The van der Waals surface area contributed by atoms with Crippen LogP contribution in [0.2, 0.25) is 0 Å². The average molecular weight is 369 g/mol. The van der Waals surface area contributed by atoms with Gasteiger partial charge in [-0.05, 0) is 75.1 Å². The Morgan fingerprint density at radius 2 is 2.00 bits per heavy atom. The lowest BCUT2D eigenvalue weighted by atomic mass is 10.1. The Morgan fingerprint density at radius 3 is 2.70 bits per heavy atom. The van der Waals surface area contributed by atoms with Crippen LogP contribution < -0.4 is 14.8 Å². The highest BCUT2D eigenvalue weighted by atomic mass is 16.5. The molecule has 1 heterocycles. The number of hydrogen-bond acceptors (Lipinski definition) is 4. The van der Waals surface area contributed by atoms with Gasteiger partial charge >= 0.3 is 0 Å². The van der Waals surface area contributed by atoms with E-state index < -0.39 is 0 Å². The molecule has 0 aliphatic carbocycles. The van der Waals surface area contributed by atoms with Crippen molar-refractivity contribution in [1.82, 2.24) is 0 Å². The van der Waals surface area contributed by atoms with Gasteiger partial charge < -0.3 is 19.5 Å². The number of rotatable bonds is 7. The maximum Gasteiger partial charge on any atom is 0.255 e. The molecule has 1 unspecified atom stereocenters. The normalized spacial score (nSPS) is 16.2. The largest absolute Gasteiger partial charge is 0.494 e. The topological polar surface area (TPSA) is 56.8 Å². The van der Waals surface area contributed by atoms with Gasteiger partial charge in [-0.2, -0.15) is 0 Å². The van der Waals surface area contributed by atoms with E-state index >= 15 is 0 Å². The molecule has 0 spiro atoms. The molecule has 3 rings (SSSR count). The zero-order chi connectivity index (χ0) is 19.2. The van der Waals surface area contributed by atoms with Gasteiger partial charge in [0.2, 0.25) is 0 Å². The summed E-state index contributed by atoms with van der Waals surface area (Å²) in [6.07, 6.45) is 2.21. The van der Waals surface area contributed by atoms with Gasteiger partial charge in [-0.15, -0.1) is 0 Å². The third-order valence-electron chi connectivity index (χ3n) is 4.57. The van der Waals surface area contributed by atoms with Gasteiger partial charge in [0.15, 0.2) is 0 Å². The van der Waals surface area contributed by atoms with E-state index in [0.717, 1.165) is 36.3 Å². The van der Waals surface area contributed by atoms with Crippen LogP contribution in [0.25, 0.3) is 0 Å². The van der Waals surface area contributed by atoms with Crippen LogP contribution in [-0.4, -0.2) is 31.8 Å². The molecule has 1 atom stereocenters. The van der Waals surface area contributed by atoms with E-state index in [0.29, 0.717) is 30.2 Å². The molecule has 2 aromatic rings. The van der Waals surface area contributed by atoms with E-state index in [2.05, 4.69) is 5.32 Å². The first-order chi connectivity index (χ1) is 13.1. The van der Waals surface area contributed by atoms with Crippen molar-refractivity contribution in [1.29, 1.82) is 0 Å². The first-order valence-corrected chi connectivity index (χ1v) is 9.46. The van der Waals surface area contributed by atoms with Crippen molar-refractivity contribution in [3.8, 4) is 11.5 Å². The Bertz CT molecular complexity index is 797. The summed E-state index contributed by atoms with van der Waals surface area (Å²) < 4.78 is 17.1. The standard InChI is InChI=1S/C22H27NO4/c1-4-25-20-10-8-17(13-16(20)3)22(24)23-19-9-7-15(2)12-21(19)27-14-18-6-5-11-26-18/h7-10,12-13,18H,4-6,11,14H2,1-3H3,(H,23,24). The molecule has 0 radical (unpaired) electrons. The molecule has 0 bridgehead atoms. The first-order valence-electron chi connectivity index (χ1n) is 9.46. The fourth-order valence-corrected chi connectivity index (χ4v) is 3.11. The molecule has 1 N–H and O–H groups in total. The van der Waals surface area contributed by atoms with Crippen LogP contribution in [0.1, 0.15) is 41.3 Å². The van der Waals surface area contributed by atoms with Crippen molar-refractivity contribution in [2.75, 3.05) is 25.1 Å². The Balaban J connectivity index is 1.72. The lowest BCUT2D eigenvalue weighted by molar-refractivity contribution is 0.0681. The van der Waals surface area contributed by atoms with Crippen LogP contribution in [0.5, 0.6) is 11.5 Å². The van der Waals surface area contributed by atoms with E-state index in [9.17, 15) is 4.79 Å². The smallest absolute Gasteiger partial charge is 0.255 e. The molecule has 1 aliphatic rings. The Morgan fingerprint density at radius 1 is 1.15 bits per heavy atom. The van der Waals surface area contributed by atoms with Crippen molar-refractivity contribution in [2.24, 2.45) is 0 Å². The second kappa shape index (κ2) is 8.91. The maximum absolute atomic E-state index is 12.7. The molecule has 1 aliphatic heterocycles. The summed E-state index contributed by atoms with van der Waals surface area (Å²) in [6.45, 7) is 7.76. The molecule has 0 aromatic heterocycles. The summed E-state index contributed by atoms with van der Waals surface area (Å²) in [7, 11) is 0. The summed E-state index contributed by atoms with van der Waals surface area (Å²) in [4.78, 5) is 12.7. The number of anilines is 1. The summed E-state index contributed by atoms with van der Waals surface area (Å²) in [5.74, 6) is 1.29. The van der Waals surface area contributed by atoms with Crippen molar-refractivity contribution < 1.29 is 19.0 Å². The van der Waals surface area contributed by atoms with Gasteiger partial charge in [0, 0.05) is 12.2 Å². The monoisotopic (exact) mass is 369 g/mol. The molecular weight excluding hydrogens is 342 g/mol. The van der Waals surface area contributed by atoms with Gasteiger partial charge in [-0.1, -0.05) is 6.07 Å². The number of amides is 1. The minimum atomic E-state index is -0.174. The number of ether oxygens (including phenoxy) is 3. The molecule has 1 fully saturated rings. The van der Waals surface area contributed by atoms with E-state index in [1.165, 1.54) is 0 Å². The zero-order valence-electron chi connectivity index (χ0n) is 16.2. The highest BCUT2D eigenvalue weighted by Crippen LogP contribution is 2.28. The van der Waals surface area contributed by atoms with Gasteiger partial charge in [-0.3, -0.25) is 4.79 Å². The maximum atomic E-state index is 12.7. The van der Waals surface area contributed by atoms with Gasteiger partial charge in [0.25, 0.3) is 5.91 Å². The zero-order valence-corrected chi connectivity index (χ0v) is 16.2.